The van der Waals surface area contributed by atoms with Gasteiger partial charge in [-0.25, -0.2) is 9.37 Å². The Morgan fingerprint density at radius 2 is 2.10 bits per heavy atom. The Bertz CT molecular complexity index is 1110. The topological polar surface area (TPSA) is 90.9 Å². The molecule has 1 fully saturated rings. The quantitative estimate of drug-likeness (QED) is 0.686. The first-order valence-corrected chi connectivity index (χ1v) is 9.58. The van der Waals surface area contributed by atoms with Crippen LogP contribution in [0.3, 0.4) is 0 Å². The molecule has 148 valence electrons. The normalized spacial score (nSPS) is 16.1. The van der Waals surface area contributed by atoms with E-state index in [0.29, 0.717) is 11.1 Å². The van der Waals surface area contributed by atoms with E-state index in [2.05, 4.69) is 10.3 Å². The average molecular weight is 392 g/mol. The maximum atomic E-state index is 14.5. The number of hydrogen-bond donors (Lipinski definition) is 2. The number of aromatic nitrogens is 2. The van der Waals surface area contributed by atoms with Gasteiger partial charge in [0.15, 0.2) is 5.82 Å². The van der Waals surface area contributed by atoms with Gasteiger partial charge in [0.2, 0.25) is 11.9 Å². The molecule has 2 aromatic carbocycles. The van der Waals surface area contributed by atoms with Crippen molar-refractivity contribution < 1.29 is 14.3 Å². The van der Waals surface area contributed by atoms with Crippen LogP contribution >= 0.6 is 0 Å². The second kappa shape index (κ2) is 7.30. The van der Waals surface area contributed by atoms with Crippen LogP contribution in [0.25, 0.3) is 11.0 Å². The van der Waals surface area contributed by atoms with Gasteiger partial charge in [0, 0.05) is 6.04 Å². The number of nitriles is 1. The monoisotopic (exact) mass is 392 g/mol. The molecule has 1 atom stereocenters. The van der Waals surface area contributed by atoms with Crippen molar-refractivity contribution in [2.24, 2.45) is 0 Å². The number of nitrogens with zero attached hydrogens (tertiary/aromatic N) is 3. The zero-order valence-corrected chi connectivity index (χ0v) is 16.0. The van der Waals surface area contributed by atoms with Gasteiger partial charge in [-0.05, 0) is 43.9 Å². The lowest BCUT2D eigenvalue weighted by Gasteiger charge is -2.29. The van der Waals surface area contributed by atoms with Crippen LogP contribution in [0.4, 0.5) is 10.3 Å². The molecule has 1 aromatic heterocycles. The Hall–Kier alpha value is -3.24. The van der Waals surface area contributed by atoms with Gasteiger partial charge in [-0.2, -0.15) is 5.26 Å². The van der Waals surface area contributed by atoms with Gasteiger partial charge in [0.25, 0.3) is 0 Å². The summed E-state index contributed by atoms with van der Waals surface area (Å²) in [4.78, 5) is 17.0. The fourth-order valence-electron chi connectivity index (χ4n) is 3.70. The van der Waals surface area contributed by atoms with Gasteiger partial charge in [0.05, 0.1) is 29.2 Å². The van der Waals surface area contributed by atoms with Crippen LogP contribution in [0, 0.1) is 17.1 Å². The molecule has 1 saturated carbocycles. The number of rotatable bonds is 5. The molecule has 6 nitrogen and oxygen atoms in total. The number of anilines is 1. The van der Waals surface area contributed by atoms with E-state index < -0.39 is 17.3 Å². The molecule has 4 rings (SSSR count). The van der Waals surface area contributed by atoms with Gasteiger partial charge in [-0.1, -0.05) is 30.3 Å². The molecule has 0 aliphatic heterocycles. The number of benzene rings is 2. The van der Waals surface area contributed by atoms with E-state index in [1.54, 1.807) is 41.8 Å². The van der Waals surface area contributed by atoms with E-state index in [4.69, 9.17) is 5.26 Å². The van der Waals surface area contributed by atoms with Gasteiger partial charge >= 0.3 is 0 Å². The Kier molecular flexibility index (Phi) is 4.81. The number of carbonyl (C=O) groups is 1. The summed E-state index contributed by atoms with van der Waals surface area (Å²) in [7, 11) is 0. The molecule has 2 N–H and O–H groups in total. The number of imidazole rings is 1. The number of amides is 1. The highest BCUT2D eigenvalue weighted by molar-refractivity contribution is 5.92. The molecule has 1 amide bonds. The fraction of sp³-hybridized carbons (Fsp3) is 0.318. The standard InChI is InChI=1S/C22H21FN4O2/c1-22(29,15-6-3-2-4-7-15)12-19(28)25-21-26-20-17(23)10-14(13-24)11-18(20)27(21)16-8-5-9-16/h2-4,6-7,10-11,16,29H,5,8-9,12H2,1H3,(H,25,26,28)/t22-/m0/s1. The minimum Gasteiger partial charge on any atom is -0.385 e. The van der Waals surface area contributed by atoms with Crippen molar-refractivity contribution >= 4 is 22.9 Å². The molecule has 0 bridgehead atoms. The number of nitrogens with one attached hydrogen (secondary N) is 1. The molecule has 1 aliphatic carbocycles. The van der Waals surface area contributed by atoms with Gasteiger partial charge in [-0.15, -0.1) is 0 Å². The van der Waals surface area contributed by atoms with Crippen LogP contribution in [0.1, 0.15) is 49.8 Å². The summed E-state index contributed by atoms with van der Waals surface area (Å²) in [5.41, 5.74) is 0.114. The van der Waals surface area contributed by atoms with Gasteiger partial charge in [-0.3, -0.25) is 10.1 Å². The van der Waals surface area contributed by atoms with Crippen molar-refractivity contribution in [3.8, 4) is 6.07 Å². The SMILES string of the molecule is C[C@](O)(CC(=O)Nc1nc2c(F)cc(C#N)cc2n1C1CCC1)c1ccccc1. The third-order valence-corrected chi connectivity index (χ3v) is 5.47. The average Bonchev–Trinajstić information content (AvgIpc) is 2.99. The summed E-state index contributed by atoms with van der Waals surface area (Å²) >= 11 is 0. The maximum Gasteiger partial charge on any atom is 0.229 e. The zero-order valence-electron chi connectivity index (χ0n) is 16.0. The number of halogens is 1. The Labute approximate surface area is 167 Å². The van der Waals surface area contributed by atoms with Crippen LogP contribution in [-0.2, 0) is 10.4 Å². The maximum absolute atomic E-state index is 14.5. The van der Waals surface area contributed by atoms with E-state index in [1.165, 1.54) is 0 Å². The summed E-state index contributed by atoms with van der Waals surface area (Å²) in [6, 6.07) is 13.8. The predicted molar refractivity (Wildman–Crippen MR) is 107 cm³/mol. The molecule has 0 saturated heterocycles. The number of fused-ring (bicyclic) bond motifs is 1. The van der Waals surface area contributed by atoms with E-state index in [0.717, 1.165) is 25.3 Å². The van der Waals surface area contributed by atoms with Crippen LogP contribution in [-0.4, -0.2) is 20.6 Å². The van der Waals surface area contributed by atoms with Crippen molar-refractivity contribution in [3.63, 3.8) is 0 Å². The first-order valence-electron chi connectivity index (χ1n) is 9.58. The highest BCUT2D eigenvalue weighted by Crippen LogP contribution is 2.38. The summed E-state index contributed by atoms with van der Waals surface area (Å²) in [5, 5.41) is 22.6. The molecule has 3 aromatic rings. The van der Waals surface area contributed by atoms with Crippen molar-refractivity contribution in [1.82, 2.24) is 9.55 Å². The van der Waals surface area contributed by atoms with E-state index in [1.807, 2.05) is 12.1 Å². The molecular weight excluding hydrogens is 371 g/mol. The third kappa shape index (κ3) is 3.59. The van der Waals surface area contributed by atoms with Crippen LogP contribution in [0.15, 0.2) is 42.5 Å². The first kappa shape index (κ1) is 19.1. The second-order valence-electron chi connectivity index (χ2n) is 7.69. The summed E-state index contributed by atoms with van der Waals surface area (Å²) in [6.45, 7) is 1.58. The minimum absolute atomic E-state index is 0.0956. The van der Waals surface area contributed by atoms with Crippen molar-refractivity contribution in [3.05, 3.63) is 59.4 Å². The van der Waals surface area contributed by atoms with E-state index in [9.17, 15) is 14.3 Å². The summed E-state index contributed by atoms with van der Waals surface area (Å²) in [6.07, 6.45) is 2.67. The van der Waals surface area contributed by atoms with E-state index >= 15 is 0 Å². The van der Waals surface area contributed by atoms with Crippen molar-refractivity contribution in [2.45, 2.75) is 44.2 Å². The predicted octanol–water partition coefficient (Wildman–Crippen LogP) is 4.01. The van der Waals surface area contributed by atoms with Crippen LogP contribution in [0.5, 0.6) is 0 Å². The number of carbonyl (C=O) groups excluding carboxylic acids is 1. The molecule has 7 heteroatoms. The second-order valence-corrected chi connectivity index (χ2v) is 7.69. The summed E-state index contributed by atoms with van der Waals surface area (Å²) < 4.78 is 16.3. The lowest BCUT2D eigenvalue weighted by atomic mass is 9.92. The van der Waals surface area contributed by atoms with Crippen molar-refractivity contribution in [1.29, 1.82) is 5.26 Å². The lowest BCUT2D eigenvalue weighted by molar-refractivity contribution is -0.120. The lowest BCUT2D eigenvalue weighted by Crippen LogP contribution is -2.30. The first-order chi connectivity index (χ1) is 13.9. The summed E-state index contributed by atoms with van der Waals surface area (Å²) in [5.74, 6) is -0.771. The van der Waals surface area contributed by atoms with Gasteiger partial charge in [0.1, 0.15) is 5.52 Å². The third-order valence-electron chi connectivity index (χ3n) is 5.47. The van der Waals surface area contributed by atoms with Crippen LogP contribution < -0.4 is 5.32 Å². The zero-order chi connectivity index (χ0) is 20.6. The van der Waals surface area contributed by atoms with Crippen molar-refractivity contribution in [2.75, 3.05) is 5.32 Å². The van der Waals surface area contributed by atoms with Crippen LogP contribution in [0.2, 0.25) is 0 Å². The molecular formula is C22H21FN4O2. The Morgan fingerprint density at radius 3 is 2.72 bits per heavy atom. The smallest absolute Gasteiger partial charge is 0.229 e. The largest absolute Gasteiger partial charge is 0.385 e. The molecule has 0 radical (unpaired) electrons. The fourth-order valence-corrected chi connectivity index (χ4v) is 3.70. The number of aliphatic hydroxyl groups is 1. The van der Waals surface area contributed by atoms with E-state index in [-0.39, 0.29) is 29.5 Å². The minimum atomic E-state index is -1.35. The molecule has 1 aliphatic rings. The molecule has 0 spiro atoms. The highest BCUT2D eigenvalue weighted by Gasteiger charge is 2.30. The molecule has 29 heavy (non-hydrogen) atoms. The highest BCUT2D eigenvalue weighted by atomic mass is 19.1. The molecule has 0 unspecified atom stereocenters. The Morgan fingerprint density at radius 1 is 1.38 bits per heavy atom. The molecule has 1 heterocycles. The number of hydrogen-bond acceptors (Lipinski definition) is 4. The Balaban J connectivity index is 1.66. The van der Waals surface area contributed by atoms with Gasteiger partial charge < -0.3 is 9.67 Å².